The molecule has 2 atom stereocenters. The third-order valence-corrected chi connectivity index (χ3v) is 8.43. The lowest BCUT2D eigenvalue weighted by Crippen LogP contribution is -2.52. The maximum atomic E-state index is 14.4. The van der Waals surface area contributed by atoms with Crippen molar-refractivity contribution < 1.29 is 18.3 Å². The molecule has 5 rings (SSSR count). The maximum Gasteiger partial charge on any atom is 0.317 e. The van der Waals surface area contributed by atoms with Crippen LogP contribution in [0.2, 0.25) is 5.02 Å². The van der Waals surface area contributed by atoms with Crippen LogP contribution in [0, 0.1) is 11.8 Å². The Hall–Kier alpha value is -3.58. The first-order valence-electron chi connectivity index (χ1n) is 14.0. The van der Waals surface area contributed by atoms with E-state index < -0.39 is 28.9 Å². The highest BCUT2D eigenvalue weighted by Gasteiger charge is 2.47. The van der Waals surface area contributed by atoms with Gasteiger partial charge in [-0.1, -0.05) is 25.4 Å². The number of nitrogens with one attached hydrogen (secondary N) is 2. The Labute approximate surface area is 245 Å². The molecule has 14 heteroatoms. The third-order valence-electron chi connectivity index (χ3n) is 8.15. The summed E-state index contributed by atoms with van der Waals surface area (Å²) in [5.41, 5.74) is 0.173. The molecule has 0 saturated carbocycles. The average Bonchev–Trinajstić information content (AvgIpc) is 2.98. The van der Waals surface area contributed by atoms with E-state index in [1.54, 1.807) is 23.1 Å². The predicted molar refractivity (Wildman–Crippen MR) is 156 cm³/mol. The lowest BCUT2D eigenvalue weighted by molar-refractivity contribution is -0.120. The van der Waals surface area contributed by atoms with Gasteiger partial charge in [0.25, 0.3) is 5.92 Å². The van der Waals surface area contributed by atoms with Gasteiger partial charge in [-0.15, -0.1) is 0 Å². The van der Waals surface area contributed by atoms with Gasteiger partial charge in [-0.3, -0.25) is 19.0 Å². The Morgan fingerprint density at radius 2 is 1.81 bits per heavy atom. The number of carbonyl (C=O) groups is 1. The number of halogens is 3. The minimum absolute atomic E-state index is 0.0106. The number of carbonyl (C=O) groups excluding carboxylic acids is 1. The molecule has 2 saturated heterocycles. The zero-order valence-corrected chi connectivity index (χ0v) is 24.5. The summed E-state index contributed by atoms with van der Waals surface area (Å²) in [5.74, 6) is -4.27. The first-order valence-corrected chi connectivity index (χ1v) is 14.4. The van der Waals surface area contributed by atoms with Crippen LogP contribution in [0.5, 0.6) is 0 Å². The highest BCUT2D eigenvalue weighted by atomic mass is 35.5. The summed E-state index contributed by atoms with van der Waals surface area (Å²) in [6, 6.07) is 5.00. The highest BCUT2D eigenvalue weighted by Crippen LogP contribution is 2.39. The number of alkyl halides is 2. The van der Waals surface area contributed by atoms with Crippen LogP contribution in [0.15, 0.2) is 34.0 Å². The zero-order chi connectivity index (χ0) is 30.2. The Morgan fingerprint density at radius 3 is 2.48 bits per heavy atom. The van der Waals surface area contributed by atoms with Gasteiger partial charge in [-0.25, -0.2) is 13.8 Å². The first-order chi connectivity index (χ1) is 20.0. The number of benzene rings is 1. The van der Waals surface area contributed by atoms with Crippen molar-refractivity contribution in [1.82, 2.24) is 24.4 Å². The molecule has 0 unspecified atom stereocenters. The van der Waals surface area contributed by atoms with E-state index in [0.717, 1.165) is 0 Å². The molecule has 0 bridgehead atoms. The van der Waals surface area contributed by atoms with Gasteiger partial charge in [0.2, 0.25) is 11.9 Å². The van der Waals surface area contributed by atoms with E-state index in [1.807, 2.05) is 0 Å². The van der Waals surface area contributed by atoms with Crippen LogP contribution in [0.25, 0.3) is 11.0 Å². The van der Waals surface area contributed by atoms with Crippen LogP contribution in [0.3, 0.4) is 0 Å². The van der Waals surface area contributed by atoms with Crippen molar-refractivity contribution in [2.75, 3.05) is 43.6 Å². The lowest BCUT2D eigenvalue weighted by atomic mass is 9.87. The molecule has 226 valence electrons. The Morgan fingerprint density at radius 1 is 1.12 bits per heavy atom. The van der Waals surface area contributed by atoms with E-state index in [2.05, 4.69) is 20.6 Å². The molecule has 0 radical (unpaired) electrons. The number of piperidine rings is 1. The van der Waals surface area contributed by atoms with Gasteiger partial charge in [-0.05, 0) is 31.0 Å². The van der Waals surface area contributed by atoms with Crippen LogP contribution >= 0.6 is 11.6 Å². The third kappa shape index (κ3) is 5.71. The van der Waals surface area contributed by atoms with Gasteiger partial charge in [0, 0.05) is 69.9 Å². The molecule has 4 heterocycles. The second-order valence-electron chi connectivity index (χ2n) is 11.0. The molecule has 1 amide bonds. The summed E-state index contributed by atoms with van der Waals surface area (Å²) in [4.78, 5) is 49.2. The second kappa shape index (κ2) is 12.0. The molecule has 3 aromatic rings. The zero-order valence-electron chi connectivity index (χ0n) is 23.7. The van der Waals surface area contributed by atoms with E-state index in [4.69, 9.17) is 16.3 Å². The molecular formula is C28H34ClF2N7O4. The highest BCUT2D eigenvalue weighted by molar-refractivity contribution is 6.32. The molecule has 2 aliphatic rings. The fourth-order valence-corrected chi connectivity index (χ4v) is 5.83. The van der Waals surface area contributed by atoms with E-state index >= 15 is 0 Å². The number of fused-ring (bicyclic) bond motifs is 1. The SMILES string of the molecule is CNC(=O)CCn1c(=O)c(=O)n(C2CCOCC2)c2ccc(Nc3nc(N4C[C@@H](C)C(F)(F)[C@@H](C)C4)ncc3Cl)cc21. The fraction of sp³-hybridized carbons (Fsp3) is 0.536. The minimum atomic E-state index is -2.78. The van der Waals surface area contributed by atoms with Gasteiger partial charge in [0.15, 0.2) is 5.82 Å². The number of rotatable bonds is 7. The predicted octanol–water partition coefficient (Wildman–Crippen LogP) is 3.57. The summed E-state index contributed by atoms with van der Waals surface area (Å²) >= 11 is 6.43. The van der Waals surface area contributed by atoms with Crippen LogP contribution < -0.4 is 26.7 Å². The Balaban J connectivity index is 1.53. The maximum absolute atomic E-state index is 14.4. The molecular weight excluding hydrogens is 572 g/mol. The summed E-state index contributed by atoms with van der Waals surface area (Å²) in [7, 11) is 1.50. The smallest absolute Gasteiger partial charge is 0.317 e. The van der Waals surface area contributed by atoms with Gasteiger partial charge in [-0.2, -0.15) is 4.98 Å². The molecule has 42 heavy (non-hydrogen) atoms. The van der Waals surface area contributed by atoms with Crippen LogP contribution in [0.4, 0.5) is 26.2 Å². The molecule has 2 fully saturated rings. The van der Waals surface area contributed by atoms with Crippen molar-refractivity contribution in [3.8, 4) is 0 Å². The van der Waals surface area contributed by atoms with E-state index in [9.17, 15) is 23.2 Å². The monoisotopic (exact) mass is 605 g/mol. The summed E-state index contributed by atoms with van der Waals surface area (Å²) in [6.07, 6.45) is 2.61. The molecule has 11 nitrogen and oxygen atoms in total. The molecule has 0 spiro atoms. The second-order valence-corrected chi connectivity index (χ2v) is 11.4. The quantitative estimate of drug-likeness (QED) is 0.392. The van der Waals surface area contributed by atoms with Gasteiger partial charge in [0.05, 0.1) is 17.2 Å². The Bertz CT molecular complexity index is 1590. The molecule has 2 aromatic heterocycles. The molecule has 2 N–H and O–H groups in total. The van der Waals surface area contributed by atoms with Crippen LogP contribution in [-0.2, 0) is 16.1 Å². The van der Waals surface area contributed by atoms with Crippen LogP contribution in [0.1, 0.15) is 39.2 Å². The number of hydrogen-bond donors (Lipinski definition) is 2. The minimum Gasteiger partial charge on any atom is -0.381 e. The Kier molecular flexibility index (Phi) is 8.51. The fourth-order valence-electron chi connectivity index (χ4n) is 5.69. The summed E-state index contributed by atoms with van der Waals surface area (Å²) in [5, 5.41) is 5.91. The van der Waals surface area contributed by atoms with Crippen molar-refractivity contribution in [3.63, 3.8) is 0 Å². The number of amides is 1. The first kappa shape index (κ1) is 29.9. The normalized spacial score (nSPS) is 21.0. The molecule has 1 aromatic carbocycles. The number of aryl methyl sites for hydroxylation is 1. The van der Waals surface area contributed by atoms with Gasteiger partial charge in [0.1, 0.15) is 5.02 Å². The van der Waals surface area contributed by atoms with Crippen molar-refractivity contribution in [2.24, 2.45) is 11.8 Å². The molecule has 2 aliphatic heterocycles. The summed E-state index contributed by atoms with van der Waals surface area (Å²) in [6.45, 7) is 4.19. The largest absolute Gasteiger partial charge is 0.381 e. The topological polar surface area (TPSA) is 123 Å². The lowest BCUT2D eigenvalue weighted by Gasteiger charge is -2.41. The number of hydrogen-bond acceptors (Lipinski definition) is 8. The van der Waals surface area contributed by atoms with Crippen molar-refractivity contribution in [1.29, 1.82) is 0 Å². The van der Waals surface area contributed by atoms with Gasteiger partial charge >= 0.3 is 11.1 Å². The molecule has 0 aliphatic carbocycles. The number of anilines is 3. The van der Waals surface area contributed by atoms with E-state index in [-0.39, 0.29) is 54.8 Å². The number of aromatic nitrogens is 4. The van der Waals surface area contributed by atoms with Gasteiger partial charge < -0.3 is 24.8 Å². The number of nitrogens with zero attached hydrogens (tertiary/aromatic N) is 5. The van der Waals surface area contributed by atoms with Crippen LogP contribution in [-0.4, -0.2) is 64.3 Å². The van der Waals surface area contributed by atoms with Crippen molar-refractivity contribution in [2.45, 2.75) is 51.6 Å². The van der Waals surface area contributed by atoms with Crippen molar-refractivity contribution in [3.05, 3.63) is 50.1 Å². The number of ether oxygens (including phenoxy) is 1. The van der Waals surface area contributed by atoms with E-state index in [0.29, 0.717) is 42.8 Å². The average molecular weight is 606 g/mol. The standard InChI is InChI=1S/C28H34ClF2N7O4/c1-16-14-36(15-17(2)28(16,30)31)27-33-13-20(29)24(35-27)34-18-4-5-21-22(12-18)37(9-6-23(39)32-3)25(40)26(41)38(21)19-7-10-42-11-8-19/h4-5,12-13,16-17,19H,6-11,14-15H2,1-3H3,(H,32,39)(H,33,34,35)/t16-,17+. The van der Waals surface area contributed by atoms with Crippen molar-refractivity contribution >= 4 is 46.0 Å². The van der Waals surface area contributed by atoms with E-state index in [1.165, 1.54) is 36.2 Å². The summed E-state index contributed by atoms with van der Waals surface area (Å²) < 4.78 is 37.1.